The van der Waals surface area contributed by atoms with Crippen molar-refractivity contribution in [3.05, 3.63) is 23.4 Å². The van der Waals surface area contributed by atoms with E-state index in [2.05, 4.69) is 46.0 Å². The van der Waals surface area contributed by atoms with Crippen LogP contribution in [0.4, 0.5) is 0 Å². The lowest BCUT2D eigenvalue weighted by atomic mass is 9.97. The Bertz CT molecular complexity index is 698. The first-order valence-corrected chi connectivity index (χ1v) is 8.88. The molecule has 7 heteroatoms. The molecule has 2 aromatic heterocycles. The molecule has 2 aliphatic rings. The van der Waals surface area contributed by atoms with Crippen molar-refractivity contribution in [2.45, 2.75) is 70.3 Å². The maximum absolute atomic E-state index is 5.42. The van der Waals surface area contributed by atoms with Crippen molar-refractivity contribution in [2.24, 2.45) is 0 Å². The van der Waals surface area contributed by atoms with E-state index in [1.165, 1.54) is 12.8 Å². The lowest BCUT2D eigenvalue weighted by Crippen LogP contribution is -2.34. The van der Waals surface area contributed by atoms with E-state index >= 15 is 0 Å². The van der Waals surface area contributed by atoms with Crippen LogP contribution in [0, 0.1) is 0 Å². The Labute approximate surface area is 141 Å². The van der Waals surface area contributed by atoms with Gasteiger partial charge in [0.15, 0.2) is 11.6 Å². The Morgan fingerprint density at radius 2 is 1.88 bits per heavy atom. The highest BCUT2D eigenvalue weighted by Crippen LogP contribution is 2.39. The molecule has 3 heterocycles. The molecule has 2 aromatic rings. The van der Waals surface area contributed by atoms with Crippen LogP contribution in [0.25, 0.3) is 0 Å². The summed E-state index contributed by atoms with van der Waals surface area (Å²) in [6.45, 7) is 8.91. The standard InChI is InChI=1S/C17H25N5O2/c1-17(2,3)16-18-13(20-24-16)10-22-8-4-5-12(9-22)14-19-15(23-21-14)11-6-7-11/h11-12H,4-10H2,1-3H3/t12-/m1/s1. The molecular formula is C17H25N5O2. The van der Waals surface area contributed by atoms with Crippen molar-refractivity contribution in [3.8, 4) is 0 Å². The van der Waals surface area contributed by atoms with Gasteiger partial charge >= 0.3 is 0 Å². The number of rotatable bonds is 4. The van der Waals surface area contributed by atoms with Crippen LogP contribution in [0.3, 0.4) is 0 Å². The van der Waals surface area contributed by atoms with Gasteiger partial charge in [-0.1, -0.05) is 31.1 Å². The van der Waals surface area contributed by atoms with E-state index in [0.29, 0.717) is 24.3 Å². The summed E-state index contributed by atoms with van der Waals surface area (Å²) in [5.74, 6) is 4.00. The third-order valence-electron chi connectivity index (χ3n) is 4.73. The van der Waals surface area contributed by atoms with Crippen molar-refractivity contribution in [3.63, 3.8) is 0 Å². The van der Waals surface area contributed by atoms with Crippen LogP contribution < -0.4 is 0 Å². The number of hydrogen-bond acceptors (Lipinski definition) is 7. The molecular weight excluding hydrogens is 306 g/mol. The first kappa shape index (κ1) is 15.7. The minimum Gasteiger partial charge on any atom is -0.339 e. The van der Waals surface area contributed by atoms with Crippen molar-refractivity contribution < 1.29 is 9.05 Å². The van der Waals surface area contributed by atoms with Gasteiger partial charge in [0.05, 0.1) is 6.54 Å². The summed E-state index contributed by atoms with van der Waals surface area (Å²) < 4.78 is 10.8. The molecule has 1 aliphatic carbocycles. The number of aromatic nitrogens is 4. The Morgan fingerprint density at radius 1 is 1.04 bits per heavy atom. The highest BCUT2D eigenvalue weighted by Gasteiger charge is 2.32. The number of nitrogens with zero attached hydrogens (tertiary/aromatic N) is 5. The van der Waals surface area contributed by atoms with Gasteiger partial charge in [-0.3, -0.25) is 4.90 Å². The van der Waals surface area contributed by atoms with Crippen LogP contribution in [-0.4, -0.2) is 38.3 Å². The molecule has 0 bridgehead atoms. The summed E-state index contributed by atoms with van der Waals surface area (Å²) in [6, 6.07) is 0. The molecule has 0 amide bonds. The van der Waals surface area contributed by atoms with E-state index < -0.39 is 0 Å². The normalized spacial score (nSPS) is 22.9. The Kier molecular flexibility index (Phi) is 3.90. The topological polar surface area (TPSA) is 81.1 Å². The number of hydrogen-bond donors (Lipinski definition) is 0. The molecule has 1 aliphatic heterocycles. The zero-order valence-corrected chi connectivity index (χ0v) is 14.7. The summed E-state index contributed by atoms with van der Waals surface area (Å²) in [7, 11) is 0. The Morgan fingerprint density at radius 3 is 2.58 bits per heavy atom. The highest BCUT2D eigenvalue weighted by molar-refractivity contribution is 5.06. The molecule has 7 nitrogen and oxygen atoms in total. The fraction of sp³-hybridized carbons (Fsp3) is 0.765. The summed E-state index contributed by atoms with van der Waals surface area (Å²) in [6.07, 6.45) is 4.61. The summed E-state index contributed by atoms with van der Waals surface area (Å²) in [5, 5.41) is 8.35. The molecule has 0 N–H and O–H groups in total. The Hall–Kier alpha value is -1.76. The first-order valence-electron chi connectivity index (χ1n) is 8.88. The van der Waals surface area contributed by atoms with Gasteiger partial charge in [0, 0.05) is 23.8 Å². The van der Waals surface area contributed by atoms with Gasteiger partial charge in [-0.15, -0.1) is 0 Å². The molecule has 1 saturated carbocycles. The molecule has 1 saturated heterocycles. The van der Waals surface area contributed by atoms with Gasteiger partial charge in [0.1, 0.15) is 0 Å². The molecule has 4 rings (SSSR count). The minimum absolute atomic E-state index is 0.112. The fourth-order valence-corrected chi connectivity index (χ4v) is 3.14. The third-order valence-corrected chi connectivity index (χ3v) is 4.73. The number of likely N-dealkylation sites (tertiary alicyclic amines) is 1. The van der Waals surface area contributed by atoms with E-state index in [1.807, 2.05) is 0 Å². The van der Waals surface area contributed by atoms with Gasteiger partial charge < -0.3 is 9.05 Å². The zero-order valence-electron chi connectivity index (χ0n) is 14.7. The highest BCUT2D eigenvalue weighted by atomic mass is 16.5. The molecule has 2 fully saturated rings. The van der Waals surface area contributed by atoms with Crippen molar-refractivity contribution in [1.29, 1.82) is 0 Å². The second kappa shape index (κ2) is 5.95. The molecule has 130 valence electrons. The van der Waals surface area contributed by atoms with Gasteiger partial charge in [-0.2, -0.15) is 9.97 Å². The van der Waals surface area contributed by atoms with E-state index in [0.717, 1.165) is 43.5 Å². The lowest BCUT2D eigenvalue weighted by molar-refractivity contribution is 0.188. The van der Waals surface area contributed by atoms with Crippen LogP contribution in [0.2, 0.25) is 0 Å². The lowest BCUT2D eigenvalue weighted by Gasteiger charge is -2.30. The smallest absolute Gasteiger partial charge is 0.232 e. The van der Waals surface area contributed by atoms with Crippen molar-refractivity contribution >= 4 is 0 Å². The van der Waals surface area contributed by atoms with Gasteiger partial charge in [-0.05, 0) is 32.2 Å². The molecule has 0 radical (unpaired) electrons. The summed E-state index contributed by atoms with van der Waals surface area (Å²) in [5.41, 5.74) is -0.112. The second-order valence-electron chi connectivity index (χ2n) is 8.11. The second-order valence-corrected chi connectivity index (χ2v) is 8.11. The fourth-order valence-electron chi connectivity index (χ4n) is 3.14. The molecule has 24 heavy (non-hydrogen) atoms. The van der Waals surface area contributed by atoms with Crippen LogP contribution in [0.1, 0.15) is 81.7 Å². The zero-order chi connectivity index (χ0) is 16.7. The van der Waals surface area contributed by atoms with Crippen LogP contribution in [0.15, 0.2) is 9.05 Å². The largest absolute Gasteiger partial charge is 0.339 e. The van der Waals surface area contributed by atoms with Crippen molar-refractivity contribution in [2.75, 3.05) is 13.1 Å². The SMILES string of the molecule is CC(C)(C)c1nc(CN2CCC[C@@H](c3noc(C4CC4)n3)C2)no1. The molecule has 0 aromatic carbocycles. The van der Waals surface area contributed by atoms with Gasteiger partial charge in [-0.25, -0.2) is 0 Å². The summed E-state index contributed by atoms with van der Waals surface area (Å²) >= 11 is 0. The van der Waals surface area contributed by atoms with Crippen LogP contribution in [-0.2, 0) is 12.0 Å². The van der Waals surface area contributed by atoms with Crippen molar-refractivity contribution in [1.82, 2.24) is 25.2 Å². The van der Waals surface area contributed by atoms with Gasteiger partial charge in [0.25, 0.3) is 0 Å². The Balaban J connectivity index is 1.40. The quantitative estimate of drug-likeness (QED) is 0.851. The predicted molar refractivity (Wildman–Crippen MR) is 86.5 cm³/mol. The third kappa shape index (κ3) is 3.36. The summed E-state index contributed by atoms with van der Waals surface area (Å²) in [4.78, 5) is 11.5. The molecule has 0 unspecified atom stereocenters. The van der Waals surface area contributed by atoms with E-state index in [-0.39, 0.29) is 5.41 Å². The molecule has 0 spiro atoms. The average Bonchev–Trinajstić information content (AvgIpc) is 3.08. The number of piperidine rings is 1. The van der Waals surface area contributed by atoms with E-state index in [1.54, 1.807) is 0 Å². The first-order chi connectivity index (χ1) is 11.5. The van der Waals surface area contributed by atoms with Crippen LogP contribution >= 0.6 is 0 Å². The monoisotopic (exact) mass is 331 g/mol. The minimum atomic E-state index is -0.112. The molecule has 1 atom stereocenters. The van der Waals surface area contributed by atoms with Gasteiger partial charge in [0.2, 0.25) is 11.8 Å². The van der Waals surface area contributed by atoms with Crippen LogP contribution in [0.5, 0.6) is 0 Å². The maximum Gasteiger partial charge on any atom is 0.232 e. The maximum atomic E-state index is 5.42. The average molecular weight is 331 g/mol. The van der Waals surface area contributed by atoms with E-state index in [9.17, 15) is 0 Å². The predicted octanol–water partition coefficient (Wildman–Crippen LogP) is 3.01. The van der Waals surface area contributed by atoms with E-state index in [4.69, 9.17) is 9.05 Å².